The number of carbonyl (C=O) groups excluding carboxylic acids is 2. The topological polar surface area (TPSA) is 40.6 Å². The minimum absolute atomic E-state index is 0.258. The molecule has 5 rings (SSSR count). The Kier molecular flexibility index (Phi) is 6.01. The van der Waals surface area contributed by atoms with Crippen LogP contribution in [0.3, 0.4) is 0 Å². The number of likely N-dealkylation sites (tertiary alicyclic amines) is 1. The summed E-state index contributed by atoms with van der Waals surface area (Å²) in [6, 6.07) is 23.8. The second-order valence-electron chi connectivity index (χ2n) is 9.14. The number of nitrogens with zero attached hydrogens (tertiary/aromatic N) is 2. The zero-order valence-electron chi connectivity index (χ0n) is 19.2. The van der Waals surface area contributed by atoms with Gasteiger partial charge in [0.25, 0.3) is 11.8 Å². The van der Waals surface area contributed by atoms with Gasteiger partial charge in [-0.05, 0) is 61.4 Å². The molecule has 2 aliphatic heterocycles. The van der Waals surface area contributed by atoms with E-state index in [0.717, 1.165) is 29.7 Å². The van der Waals surface area contributed by atoms with Gasteiger partial charge >= 0.3 is 0 Å². The normalized spacial score (nSPS) is 17.1. The van der Waals surface area contributed by atoms with Crippen molar-refractivity contribution in [2.75, 3.05) is 18.0 Å². The first-order valence-electron chi connectivity index (χ1n) is 11.8. The summed E-state index contributed by atoms with van der Waals surface area (Å²) in [4.78, 5) is 30.4. The first-order valence-corrected chi connectivity index (χ1v) is 11.8. The third kappa shape index (κ3) is 4.26. The summed E-state index contributed by atoms with van der Waals surface area (Å²) in [5, 5.41) is 0. The molecule has 0 saturated carbocycles. The van der Waals surface area contributed by atoms with Crippen LogP contribution in [0.15, 0.2) is 84.6 Å². The number of rotatable bonds is 5. The number of anilines is 1. The Morgan fingerprint density at radius 2 is 1.56 bits per heavy atom. The van der Waals surface area contributed by atoms with E-state index in [1.165, 1.54) is 23.8 Å². The summed E-state index contributed by atoms with van der Waals surface area (Å²) < 4.78 is 13.9. The van der Waals surface area contributed by atoms with Gasteiger partial charge in [-0.25, -0.2) is 9.29 Å². The van der Waals surface area contributed by atoms with Crippen molar-refractivity contribution in [1.29, 1.82) is 0 Å². The van der Waals surface area contributed by atoms with E-state index in [4.69, 9.17) is 0 Å². The molecular formula is C29H27FN2O2. The van der Waals surface area contributed by atoms with E-state index >= 15 is 0 Å². The lowest BCUT2D eigenvalue weighted by atomic mass is 9.89. The highest BCUT2D eigenvalue weighted by Crippen LogP contribution is 2.37. The molecule has 2 amide bonds. The third-order valence-corrected chi connectivity index (χ3v) is 6.76. The second kappa shape index (κ2) is 9.26. The van der Waals surface area contributed by atoms with Crippen molar-refractivity contribution in [1.82, 2.24) is 4.90 Å². The smallest absolute Gasteiger partial charge is 0.282 e. The van der Waals surface area contributed by atoms with Gasteiger partial charge < -0.3 is 4.90 Å². The summed E-state index contributed by atoms with van der Waals surface area (Å²) >= 11 is 0. The number of amides is 2. The molecule has 3 aromatic carbocycles. The first-order chi connectivity index (χ1) is 16.5. The summed E-state index contributed by atoms with van der Waals surface area (Å²) in [6.07, 6.45) is 2.91. The van der Waals surface area contributed by atoms with Gasteiger partial charge in [0.2, 0.25) is 0 Å². The number of hydrogen-bond donors (Lipinski definition) is 0. The summed E-state index contributed by atoms with van der Waals surface area (Å²) in [7, 11) is 0. The molecule has 2 aliphatic rings. The molecule has 0 aromatic heterocycles. The summed E-state index contributed by atoms with van der Waals surface area (Å²) in [5.41, 5.74) is 4.20. The summed E-state index contributed by atoms with van der Waals surface area (Å²) in [6.45, 7) is 3.40. The van der Waals surface area contributed by atoms with Gasteiger partial charge in [-0.3, -0.25) is 9.59 Å². The van der Waals surface area contributed by atoms with E-state index in [-0.39, 0.29) is 11.6 Å². The van der Waals surface area contributed by atoms with E-state index in [1.807, 2.05) is 37.3 Å². The van der Waals surface area contributed by atoms with E-state index in [1.54, 1.807) is 6.07 Å². The van der Waals surface area contributed by atoms with Gasteiger partial charge in [-0.15, -0.1) is 0 Å². The predicted molar refractivity (Wildman–Crippen MR) is 131 cm³/mol. The molecule has 1 saturated heterocycles. The molecule has 34 heavy (non-hydrogen) atoms. The predicted octanol–water partition coefficient (Wildman–Crippen LogP) is 5.37. The molecule has 0 N–H and O–H groups in total. The van der Waals surface area contributed by atoms with Gasteiger partial charge in [0.1, 0.15) is 11.5 Å². The van der Waals surface area contributed by atoms with Crippen molar-refractivity contribution in [2.45, 2.75) is 26.2 Å². The van der Waals surface area contributed by atoms with Crippen molar-refractivity contribution in [3.8, 4) is 0 Å². The van der Waals surface area contributed by atoms with E-state index in [2.05, 4.69) is 29.2 Å². The maximum Gasteiger partial charge on any atom is 0.282 e. The SMILES string of the molecule is Cc1ccc(C2=C(N3CCC(Cc4ccccc4)CC3)C(=O)N(c3cccc(F)c3)C2=O)cc1. The van der Waals surface area contributed by atoms with Crippen LogP contribution in [0.25, 0.3) is 5.57 Å². The molecular weight excluding hydrogens is 427 g/mol. The largest absolute Gasteiger partial charge is 0.366 e. The Bertz CT molecular complexity index is 1240. The third-order valence-electron chi connectivity index (χ3n) is 6.76. The van der Waals surface area contributed by atoms with Crippen molar-refractivity contribution in [3.05, 3.63) is 107 Å². The quantitative estimate of drug-likeness (QED) is 0.487. The Balaban J connectivity index is 1.45. The number of carbonyl (C=O) groups is 2. The average molecular weight is 455 g/mol. The van der Waals surface area contributed by atoms with Crippen LogP contribution in [-0.4, -0.2) is 29.8 Å². The fourth-order valence-corrected chi connectivity index (χ4v) is 4.95. The molecule has 0 unspecified atom stereocenters. The maximum absolute atomic E-state index is 13.9. The molecule has 0 radical (unpaired) electrons. The summed E-state index contributed by atoms with van der Waals surface area (Å²) in [5.74, 6) is -0.729. The molecule has 3 aromatic rings. The fraction of sp³-hybridized carbons (Fsp3) is 0.241. The Morgan fingerprint density at radius 3 is 2.24 bits per heavy atom. The Labute approximate surface area is 199 Å². The van der Waals surface area contributed by atoms with Crippen LogP contribution >= 0.6 is 0 Å². The number of piperidine rings is 1. The number of hydrogen-bond acceptors (Lipinski definition) is 3. The van der Waals surface area contributed by atoms with Gasteiger partial charge in [-0.1, -0.05) is 66.2 Å². The molecule has 0 bridgehead atoms. The van der Waals surface area contributed by atoms with Crippen LogP contribution in [0.5, 0.6) is 0 Å². The number of aryl methyl sites for hydroxylation is 1. The monoisotopic (exact) mass is 454 g/mol. The highest BCUT2D eigenvalue weighted by atomic mass is 19.1. The van der Waals surface area contributed by atoms with Crippen LogP contribution in [0.1, 0.15) is 29.5 Å². The molecule has 0 aliphatic carbocycles. The lowest BCUT2D eigenvalue weighted by Gasteiger charge is -2.34. The van der Waals surface area contributed by atoms with Crippen molar-refractivity contribution in [3.63, 3.8) is 0 Å². The van der Waals surface area contributed by atoms with Gasteiger partial charge in [0.15, 0.2) is 0 Å². The molecule has 4 nitrogen and oxygen atoms in total. The number of halogens is 1. The van der Waals surface area contributed by atoms with Crippen molar-refractivity contribution < 1.29 is 14.0 Å². The zero-order valence-corrected chi connectivity index (χ0v) is 19.2. The highest BCUT2D eigenvalue weighted by Gasteiger charge is 2.43. The molecule has 0 atom stereocenters. The van der Waals surface area contributed by atoms with Gasteiger partial charge in [0.05, 0.1) is 11.3 Å². The van der Waals surface area contributed by atoms with Crippen LogP contribution < -0.4 is 4.90 Å². The minimum atomic E-state index is -0.481. The molecule has 1 fully saturated rings. The molecule has 5 heteroatoms. The van der Waals surface area contributed by atoms with Crippen LogP contribution in [0.4, 0.5) is 10.1 Å². The van der Waals surface area contributed by atoms with Gasteiger partial charge in [-0.2, -0.15) is 0 Å². The van der Waals surface area contributed by atoms with E-state index < -0.39 is 11.7 Å². The maximum atomic E-state index is 13.9. The van der Waals surface area contributed by atoms with E-state index in [9.17, 15) is 14.0 Å². The van der Waals surface area contributed by atoms with Crippen LogP contribution in [-0.2, 0) is 16.0 Å². The number of benzene rings is 3. The highest BCUT2D eigenvalue weighted by molar-refractivity contribution is 6.45. The molecule has 0 spiro atoms. The minimum Gasteiger partial charge on any atom is -0.366 e. The zero-order chi connectivity index (χ0) is 23.7. The lowest BCUT2D eigenvalue weighted by molar-refractivity contribution is -0.120. The Morgan fingerprint density at radius 1 is 0.853 bits per heavy atom. The Hall–Kier alpha value is -3.73. The average Bonchev–Trinajstić information content (AvgIpc) is 3.10. The molecule has 172 valence electrons. The van der Waals surface area contributed by atoms with Gasteiger partial charge in [0, 0.05) is 13.1 Å². The second-order valence-corrected chi connectivity index (χ2v) is 9.14. The van der Waals surface area contributed by atoms with Crippen LogP contribution in [0.2, 0.25) is 0 Å². The standard InChI is InChI=1S/C29H27FN2O2/c1-20-10-12-23(13-11-20)26-27(29(34)32(28(26)33)25-9-5-8-24(30)19-25)31-16-14-22(15-17-31)18-21-6-3-2-4-7-21/h2-13,19,22H,14-18H2,1H3. The van der Waals surface area contributed by atoms with Crippen molar-refractivity contribution >= 4 is 23.1 Å². The number of imide groups is 1. The van der Waals surface area contributed by atoms with Crippen molar-refractivity contribution in [2.24, 2.45) is 5.92 Å². The fourth-order valence-electron chi connectivity index (χ4n) is 4.95. The lowest BCUT2D eigenvalue weighted by Crippen LogP contribution is -2.39. The van der Waals surface area contributed by atoms with E-state index in [0.29, 0.717) is 35.8 Å². The first kappa shape index (κ1) is 22.1. The van der Waals surface area contributed by atoms with Crippen LogP contribution in [0, 0.1) is 18.7 Å². The molecule has 2 heterocycles.